The van der Waals surface area contributed by atoms with E-state index in [9.17, 15) is 14.4 Å². The molecule has 0 heterocycles. The topological polar surface area (TPSA) is 83.7 Å². The number of Topliss-reactive ketones (excluding diaryl/α,β-unsaturated/α-hetero) is 1. The summed E-state index contributed by atoms with van der Waals surface area (Å²) in [5, 5.41) is 0. The summed E-state index contributed by atoms with van der Waals surface area (Å²) < 4.78 is 0. The molecule has 6 heteroatoms. The fraction of sp³-hybridized carbons (Fsp3) is 0.414. The van der Waals surface area contributed by atoms with E-state index in [1.165, 1.54) is 22.8 Å². The van der Waals surface area contributed by atoms with Crippen molar-refractivity contribution in [3.8, 4) is 11.1 Å². The van der Waals surface area contributed by atoms with E-state index in [4.69, 9.17) is 5.73 Å². The summed E-state index contributed by atoms with van der Waals surface area (Å²) in [6, 6.07) is 16.8. The molecule has 0 aliphatic rings. The van der Waals surface area contributed by atoms with Gasteiger partial charge < -0.3 is 15.5 Å². The van der Waals surface area contributed by atoms with Crippen LogP contribution in [0.25, 0.3) is 11.1 Å². The van der Waals surface area contributed by atoms with Crippen molar-refractivity contribution in [3.05, 3.63) is 72.3 Å². The summed E-state index contributed by atoms with van der Waals surface area (Å²) in [6.45, 7) is 7.14. The number of benzene rings is 2. The third-order valence-corrected chi connectivity index (χ3v) is 6.17. The monoisotopic (exact) mass is 477 g/mol. The number of ketones is 1. The molecule has 0 aliphatic carbocycles. The minimum atomic E-state index is -0.751. The van der Waals surface area contributed by atoms with E-state index >= 15 is 0 Å². The van der Waals surface area contributed by atoms with Crippen LogP contribution in [0.2, 0.25) is 0 Å². The summed E-state index contributed by atoms with van der Waals surface area (Å²) in [4.78, 5) is 41.6. The zero-order chi connectivity index (χ0) is 26.2. The number of amides is 2. The Labute approximate surface area is 209 Å². The van der Waals surface area contributed by atoms with E-state index in [-0.39, 0.29) is 17.6 Å². The lowest BCUT2D eigenvalue weighted by molar-refractivity contribution is -0.145. The minimum absolute atomic E-state index is 0.0756. The molecule has 0 bridgehead atoms. The molecule has 0 radical (unpaired) electrons. The number of likely N-dealkylation sites (N-methyl/N-ethyl adjacent to an activating group) is 2. The maximum Gasteiger partial charge on any atom is 0.246 e. The van der Waals surface area contributed by atoms with Crippen molar-refractivity contribution in [2.45, 2.75) is 64.6 Å². The van der Waals surface area contributed by atoms with Gasteiger partial charge >= 0.3 is 0 Å². The highest BCUT2D eigenvalue weighted by molar-refractivity contribution is 5.94. The summed E-state index contributed by atoms with van der Waals surface area (Å²) >= 11 is 0. The Morgan fingerprint density at radius 3 is 2.00 bits per heavy atom. The van der Waals surface area contributed by atoms with Gasteiger partial charge in [-0.25, -0.2) is 0 Å². The molecule has 0 saturated carbocycles. The van der Waals surface area contributed by atoms with Crippen LogP contribution in [0, 0.1) is 0 Å². The van der Waals surface area contributed by atoms with Gasteiger partial charge in [0, 0.05) is 26.1 Å². The highest BCUT2D eigenvalue weighted by Crippen LogP contribution is 2.21. The lowest BCUT2D eigenvalue weighted by atomic mass is 9.98. The number of carbonyl (C=O) groups is 3. The number of hydrogen-bond acceptors (Lipinski definition) is 4. The molecule has 35 heavy (non-hydrogen) atoms. The number of nitrogens with two attached hydrogens (primary N) is 1. The average Bonchev–Trinajstić information content (AvgIpc) is 2.82. The number of hydrogen-bond donors (Lipinski definition) is 1. The molecule has 0 fully saturated rings. The Hall–Kier alpha value is -3.25. The lowest BCUT2D eigenvalue weighted by Crippen LogP contribution is -2.53. The molecule has 2 amide bonds. The van der Waals surface area contributed by atoms with Crippen molar-refractivity contribution in [2.24, 2.45) is 5.73 Å². The molecular weight excluding hydrogens is 438 g/mol. The molecule has 188 valence electrons. The van der Waals surface area contributed by atoms with Crippen molar-refractivity contribution >= 4 is 17.6 Å². The van der Waals surface area contributed by atoms with Gasteiger partial charge in [0.05, 0.1) is 6.04 Å². The molecule has 0 saturated heterocycles. The predicted molar refractivity (Wildman–Crippen MR) is 142 cm³/mol. The van der Waals surface area contributed by atoms with Gasteiger partial charge in [0.25, 0.3) is 0 Å². The van der Waals surface area contributed by atoms with Gasteiger partial charge in [-0.15, -0.1) is 0 Å². The van der Waals surface area contributed by atoms with Gasteiger partial charge in [0.2, 0.25) is 11.8 Å². The second kappa shape index (κ2) is 12.5. The van der Waals surface area contributed by atoms with Gasteiger partial charge in [-0.1, -0.05) is 67.6 Å². The zero-order valence-corrected chi connectivity index (χ0v) is 21.8. The summed E-state index contributed by atoms with van der Waals surface area (Å²) in [7, 11) is 3.26. The first-order valence-corrected chi connectivity index (χ1v) is 12.1. The highest BCUT2D eigenvalue weighted by atomic mass is 16.2. The number of carbonyl (C=O) groups excluding carboxylic acids is 3. The van der Waals surface area contributed by atoms with Crippen LogP contribution in [0.5, 0.6) is 0 Å². The van der Waals surface area contributed by atoms with Gasteiger partial charge in [-0.3, -0.25) is 14.4 Å². The van der Waals surface area contributed by atoms with Crippen molar-refractivity contribution in [1.29, 1.82) is 0 Å². The van der Waals surface area contributed by atoms with E-state index in [1.54, 1.807) is 20.2 Å². The molecule has 0 aliphatic heterocycles. The molecule has 0 unspecified atom stereocenters. The number of rotatable bonds is 11. The van der Waals surface area contributed by atoms with Gasteiger partial charge in [-0.05, 0) is 56.4 Å². The first kappa shape index (κ1) is 28.0. The maximum absolute atomic E-state index is 13.6. The van der Waals surface area contributed by atoms with E-state index in [1.807, 2.05) is 75.4 Å². The first-order valence-electron chi connectivity index (χ1n) is 12.1. The molecule has 2 aromatic carbocycles. The Bertz CT molecular complexity index is 1020. The molecule has 0 aromatic heterocycles. The van der Waals surface area contributed by atoms with Crippen molar-refractivity contribution in [2.75, 3.05) is 14.1 Å². The van der Waals surface area contributed by atoms with Gasteiger partial charge in [-0.2, -0.15) is 0 Å². The summed E-state index contributed by atoms with van der Waals surface area (Å²) in [5.41, 5.74) is 8.70. The van der Waals surface area contributed by atoms with Gasteiger partial charge in [0.15, 0.2) is 5.78 Å². The van der Waals surface area contributed by atoms with Crippen LogP contribution in [0.4, 0.5) is 0 Å². The molecule has 2 rings (SSSR count). The standard InChI is InChI=1S/C29H39N3O3/c1-7-25(21(2)33)32(6)28(35)26(31(5)27(34)14-11-19-29(3,4)30)20-22-15-17-24(18-16-22)23-12-9-8-10-13-23/h8-18,25-26H,7,19-20,30H2,1-6H3/b14-11+/t25-,26-/m1/s1. The van der Waals surface area contributed by atoms with Crippen LogP contribution in [-0.2, 0) is 20.8 Å². The molecule has 2 atom stereocenters. The SMILES string of the molecule is CC[C@H](C(C)=O)N(C)C(=O)[C@@H](Cc1ccc(-c2ccccc2)cc1)N(C)C(=O)/C=C/CC(C)(C)N. The third-order valence-electron chi connectivity index (χ3n) is 6.17. The molecule has 6 nitrogen and oxygen atoms in total. The van der Waals surface area contributed by atoms with Crippen LogP contribution in [0.15, 0.2) is 66.7 Å². The molecular formula is C29H39N3O3. The smallest absolute Gasteiger partial charge is 0.246 e. The van der Waals surface area contributed by atoms with Crippen LogP contribution >= 0.6 is 0 Å². The minimum Gasteiger partial charge on any atom is -0.334 e. The van der Waals surface area contributed by atoms with Crippen molar-refractivity contribution in [1.82, 2.24) is 9.80 Å². The van der Waals surface area contributed by atoms with Gasteiger partial charge in [0.1, 0.15) is 6.04 Å². The Balaban J connectivity index is 2.31. The van der Waals surface area contributed by atoms with E-state index in [0.29, 0.717) is 19.3 Å². The Morgan fingerprint density at radius 1 is 0.914 bits per heavy atom. The average molecular weight is 478 g/mol. The Morgan fingerprint density at radius 2 is 1.49 bits per heavy atom. The van der Waals surface area contributed by atoms with E-state index in [0.717, 1.165) is 16.7 Å². The summed E-state index contributed by atoms with van der Waals surface area (Å²) in [6.07, 6.45) is 4.59. The fourth-order valence-electron chi connectivity index (χ4n) is 4.03. The lowest BCUT2D eigenvalue weighted by Gasteiger charge is -2.33. The number of nitrogens with zero attached hydrogens (tertiary/aromatic N) is 2. The third kappa shape index (κ3) is 8.18. The van der Waals surface area contributed by atoms with Crippen molar-refractivity contribution < 1.29 is 14.4 Å². The first-order chi connectivity index (χ1) is 16.4. The second-order valence-corrected chi connectivity index (χ2v) is 9.81. The zero-order valence-electron chi connectivity index (χ0n) is 21.8. The Kier molecular flexibility index (Phi) is 9.96. The highest BCUT2D eigenvalue weighted by Gasteiger charge is 2.32. The molecule has 2 aromatic rings. The van der Waals surface area contributed by atoms with Crippen LogP contribution in [0.3, 0.4) is 0 Å². The normalized spacial score (nSPS) is 13.3. The second-order valence-electron chi connectivity index (χ2n) is 9.81. The van der Waals surface area contributed by atoms with E-state index < -0.39 is 17.6 Å². The van der Waals surface area contributed by atoms with E-state index in [2.05, 4.69) is 0 Å². The molecule has 2 N–H and O–H groups in total. The molecule has 0 spiro atoms. The maximum atomic E-state index is 13.6. The van der Waals surface area contributed by atoms with Crippen molar-refractivity contribution in [3.63, 3.8) is 0 Å². The fourth-order valence-corrected chi connectivity index (χ4v) is 4.03. The van der Waals surface area contributed by atoms with Crippen LogP contribution < -0.4 is 5.73 Å². The van der Waals surface area contributed by atoms with Crippen LogP contribution in [0.1, 0.15) is 46.1 Å². The largest absolute Gasteiger partial charge is 0.334 e. The van der Waals surface area contributed by atoms with Crippen LogP contribution in [-0.4, -0.2) is 59.1 Å². The summed E-state index contributed by atoms with van der Waals surface area (Å²) in [5.74, 6) is -0.617. The predicted octanol–water partition coefficient (Wildman–Crippen LogP) is 4.23. The quantitative estimate of drug-likeness (QED) is 0.491.